The van der Waals surface area contributed by atoms with E-state index in [1.165, 1.54) is 7.11 Å². The van der Waals surface area contributed by atoms with E-state index in [9.17, 15) is 4.79 Å². The summed E-state index contributed by atoms with van der Waals surface area (Å²) < 4.78 is 4.76. The van der Waals surface area contributed by atoms with Crippen molar-refractivity contribution < 1.29 is 9.53 Å². The first-order valence-electron chi connectivity index (χ1n) is 4.50. The summed E-state index contributed by atoms with van der Waals surface area (Å²) in [4.78, 5) is 11.3. The Morgan fingerprint density at radius 3 is 2.69 bits per heavy atom. The first kappa shape index (κ1) is 10.8. The summed E-state index contributed by atoms with van der Waals surface area (Å²) in [5.41, 5.74) is 5.80. The zero-order chi connectivity index (χ0) is 8.77. The topological polar surface area (TPSA) is 52.3 Å². The predicted octanol–water partition coefficient (Wildman–Crippen LogP) is 0.956. The smallest absolute Gasteiger partial charge is 0.309 e. The van der Waals surface area contributed by atoms with Crippen LogP contribution in [0.3, 0.4) is 0 Å². The van der Waals surface area contributed by atoms with Gasteiger partial charge >= 0.3 is 5.97 Å². The Morgan fingerprint density at radius 2 is 2.23 bits per heavy atom. The third-order valence-corrected chi connectivity index (χ3v) is 3.59. The van der Waals surface area contributed by atoms with Gasteiger partial charge in [-0.3, -0.25) is 4.79 Å². The molecule has 0 heterocycles. The highest BCUT2D eigenvalue weighted by Crippen LogP contribution is 2.61. The molecule has 0 spiro atoms. The van der Waals surface area contributed by atoms with E-state index in [-0.39, 0.29) is 29.7 Å². The number of esters is 1. The Morgan fingerprint density at radius 1 is 1.62 bits per heavy atom. The minimum absolute atomic E-state index is 0. The number of hydrogen-bond acceptors (Lipinski definition) is 3. The summed E-state index contributed by atoms with van der Waals surface area (Å²) in [5, 5.41) is 0. The fraction of sp³-hybridized carbons (Fsp3) is 0.889. The summed E-state index contributed by atoms with van der Waals surface area (Å²) in [7, 11) is 1.46. The maximum Gasteiger partial charge on any atom is 0.309 e. The summed E-state index contributed by atoms with van der Waals surface area (Å²) in [6.45, 7) is 0.642. The summed E-state index contributed by atoms with van der Waals surface area (Å²) in [6.07, 6.45) is 3.29. The molecule has 1 atom stereocenters. The Labute approximate surface area is 84.4 Å². The fourth-order valence-electron chi connectivity index (χ4n) is 2.92. The number of hydrogen-bond donors (Lipinski definition) is 1. The molecule has 76 valence electrons. The van der Waals surface area contributed by atoms with E-state index in [1.54, 1.807) is 0 Å². The molecule has 0 aromatic carbocycles. The zero-order valence-electron chi connectivity index (χ0n) is 7.79. The van der Waals surface area contributed by atoms with Crippen molar-refractivity contribution in [2.24, 2.45) is 23.0 Å². The van der Waals surface area contributed by atoms with Gasteiger partial charge in [-0.25, -0.2) is 0 Å². The number of rotatable bonds is 2. The molecule has 2 N–H and O–H groups in total. The molecule has 3 aliphatic rings. The van der Waals surface area contributed by atoms with Crippen molar-refractivity contribution in [3.63, 3.8) is 0 Å². The van der Waals surface area contributed by atoms with E-state index in [0.29, 0.717) is 6.54 Å². The molecular weight excluding hydrogens is 190 g/mol. The van der Waals surface area contributed by atoms with Crippen molar-refractivity contribution >= 4 is 18.4 Å². The number of nitrogens with two attached hydrogens (primary N) is 1. The Balaban J connectivity index is 0.000000845. The minimum Gasteiger partial charge on any atom is -0.469 e. The van der Waals surface area contributed by atoms with Crippen LogP contribution in [-0.4, -0.2) is 19.6 Å². The van der Waals surface area contributed by atoms with E-state index < -0.39 is 0 Å². The lowest BCUT2D eigenvalue weighted by Crippen LogP contribution is -2.42. The molecule has 0 aliphatic heterocycles. The van der Waals surface area contributed by atoms with Gasteiger partial charge in [0.25, 0.3) is 0 Å². The molecular formula is C9H16ClNO2. The second-order valence-electron chi connectivity index (χ2n) is 4.15. The molecule has 3 fully saturated rings. The van der Waals surface area contributed by atoms with Crippen molar-refractivity contribution in [3.8, 4) is 0 Å². The minimum atomic E-state index is -0.0551. The molecule has 0 amide bonds. The van der Waals surface area contributed by atoms with Gasteiger partial charge in [-0.15, -0.1) is 12.4 Å². The lowest BCUT2D eigenvalue weighted by atomic mass is 9.67. The SMILES string of the molecule is COC(=O)C1CC2CC1(CN)C2.Cl. The lowest BCUT2D eigenvalue weighted by molar-refractivity contribution is -0.148. The van der Waals surface area contributed by atoms with Gasteiger partial charge < -0.3 is 10.5 Å². The molecule has 0 saturated heterocycles. The number of ether oxygens (including phenoxy) is 1. The van der Waals surface area contributed by atoms with Gasteiger partial charge in [0.1, 0.15) is 0 Å². The molecule has 4 heteroatoms. The van der Waals surface area contributed by atoms with Gasteiger partial charge in [0, 0.05) is 0 Å². The molecule has 1 unspecified atom stereocenters. The molecule has 0 radical (unpaired) electrons. The third-order valence-electron chi connectivity index (χ3n) is 3.59. The molecule has 13 heavy (non-hydrogen) atoms. The van der Waals surface area contributed by atoms with Crippen LogP contribution in [-0.2, 0) is 9.53 Å². The number of carbonyl (C=O) groups is 1. The van der Waals surface area contributed by atoms with Gasteiger partial charge in [0.15, 0.2) is 0 Å². The van der Waals surface area contributed by atoms with Gasteiger partial charge in [0.05, 0.1) is 13.0 Å². The zero-order valence-corrected chi connectivity index (χ0v) is 8.60. The van der Waals surface area contributed by atoms with Crippen LogP contribution >= 0.6 is 12.4 Å². The summed E-state index contributed by atoms with van der Waals surface area (Å²) in [5.74, 6) is 0.788. The van der Waals surface area contributed by atoms with Crippen molar-refractivity contribution in [3.05, 3.63) is 0 Å². The monoisotopic (exact) mass is 205 g/mol. The molecule has 3 aliphatic carbocycles. The highest BCUT2D eigenvalue weighted by atomic mass is 35.5. The van der Waals surface area contributed by atoms with Crippen LogP contribution in [0.1, 0.15) is 19.3 Å². The predicted molar refractivity (Wildman–Crippen MR) is 51.6 cm³/mol. The van der Waals surface area contributed by atoms with Crippen LogP contribution < -0.4 is 5.73 Å². The molecule has 3 nitrogen and oxygen atoms in total. The van der Waals surface area contributed by atoms with Gasteiger partial charge in [-0.2, -0.15) is 0 Å². The number of methoxy groups -OCH3 is 1. The lowest BCUT2D eigenvalue weighted by Gasteiger charge is -2.39. The van der Waals surface area contributed by atoms with E-state index in [1.807, 2.05) is 0 Å². The first-order valence-corrected chi connectivity index (χ1v) is 4.50. The highest BCUT2D eigenvalue weighted by molar-refractivity contribution is 5.85. The van der Waals surface area contributed by atoms with Gasteiger partial charge in [0.2, 0.25) is 0 Å². The van der Waals surface area contributed by atoms with E-state index in [0.717, 1.165) is 25.2 Å². The number of halogens is 1. The average molecular weight is 206 g/mol. The third kappa shape index (κ3) is 1.34. The first-order chi connectivity index (χ1) is 5.72. The van der Waals surface area contributed by atoms with Crippen molar-refractivity contribution in [1.82, 2.24) is 0 Å². The van der Waals surface area contributed by atoms with E-state index >= 15 is 0 Å². The van der Waals surface area contributed by atoms with Crippen molar-refractivity contribution in [1.29, 1.82) is 0 Å². The Hall–Kier alpha value is -0.280. The standard InChI is InChI=1S/C9H15NO2.ClH/c1-12-8(11)7-2-6-3-9(7,4-6)5-10;/h6-7H,2-5,10H2,1H3;1H. The van der Waals surface area contributed by atoms with Crippen molar-refractivity contribution in [2.75, 3.05) is 13.7 Å². The Bertz CT molecular complexity index is 214. The second-order valence-corrected chi connectivity index (χ2v) is 4.15. The van der Waals surface area contributed by atoms with Crippen molar-refractivity contribution in [2.45, 2.75) is 19.3 Å². The van der Waals surface area contributed by atoms with Crippen LogP contribution in [0.15, 0.2) is 0 Å². The maximum atomic E-state index is 11.3. The number of fused-ring (bicyclic) bond motifs is 1. The summed E-state index contributed by atoms with van der Waals surface area (Å²) in [6, 6.07) is 0. The second kappa shape index (κ2) is 3.46. The van der Waals surface area contributed by atoms with Crippen LogP contribution in [0.5, 0.6) is 0 Å². The van der Waals surface area contributed by atoms with Crippen LogP contribution in [0.2, 0.25) is 0 Å². The number of carbonyl (C=O) groups excluding carboxylic acids is 1. The van der Waals surface area contributed by atoms with Crippen LogP contribution in [0, 0.1) is 17.3 Å². The van der Waals surface area contributed by atoms with Gasteiger partial charge in [-0.05, 0) is 37.1 Å². The van der Waals surface area contributed by atoms with Crippen LogP contribution in [0.4, 0.5) is 0 Å². The molecule has 3 saturated carbocycles. The summed E-state index contributed by atoms with van der Waals surface area (Å²) >= 11 is 0. The average Bonchev–Trinajstić information content (AvgIpc) is 2.55. The van der Waals surface area contributed by atoms with E-state index in [4.69, 9.17) is 10.5 Å². The quantitative estimate of drug-likeness (QED) is 0.684. The normalized spacial score (nSPS) is 40.5. The van der Waals surface area contributed by atoms with Crippen LogP contribution in [0.25, 0.3) is 0 Å². The largest absolute Gasteiger partial charge is 0.469 e. The molecule has 0 aromatic heterocycles. The maximum absolute atomic E-state index is 11.3. The molecule has 0 aromatic rings. The fourth-order valence-corrected chi connectivity index (χ4v) is 2.92. The molecule has 3 rings (SSSR count). The van der Waals surface area contributed by atoms with E-state index in [2.05, 4.69) is 0 Å². The highest BCUT2D eigenvalue weighted by Gasteiger charge is 2.59. The molecule has 2 bridgehead atoms. The van der Waals surface area contributed by atoms with Gasteiger partial charge in [-0.1, -0.05) is 0 Å². The Kier molecular flexibility index (Phi) is 2.88.